The van der Waals surface area contributed by atoms with Crippen LogP contribution in [0.25, 0.3) is 55.2 Å². The number of nitrogens with zero attached hydrogens (tertiary/aromatic N) is 3. The summed E-state index contributed by atoms with van der Waals surface area (Å²) in [6.07, 6.45) is 2.15. The van der Waals surface area contributed by atoms with Gasteiger partial charge < -0.3 is 9.13 Å². The van der Waals surface area contributed by atoms with E-state index in [9.17, 15) is 0 Å². The number of rotatable bonds is 3. The second-order valence-corrected chi connectivity index (χ2v) is 9.04. The number of hydrogen-bond acceptors (Lipinski definition) is 1. The maximum atomic E-state index is 9.16. The minimum absolute atomic E-state index is 0.670. The summed E-state index contributed by atoms with van der Waals surface area (Å²) >= 11 is 0. The Kier molecular flexibility index (Phi) is 4.52. The van der Waals surface area contributed by atoms with Crippen LogP contribution in [0.4, 0.5) is 0 Å². The van der Waals surface area contributed by atoms with Crippen LogP contribution in [0.1, 0.15) is 5.56 Å². The van der Waals surface area contributed by atoms with Crippen molar-refractivity contribution >= 4 is 32.7 Å². The van der Waals surface area contributed by atoms with Crippen LogP contribution >= 0.6 is 0 Å². The summed E-state index contributed by atoms with van der Waals surface area (Å²) in [6.45, 7) is 0. The van der Waals surface area contributed by atoms with E-state index in [-0.39, 0.29) is 0 Å². The Morgan fingerprint density at radius 2 is 1.31 bits per heavy atom. The van der Waals surface area contributed by atoms with Crippen LogP contribution in [0.5, 0.6) is 0 Å². The van der Waals surface area contributed by atoms with Crippen LogP contribution in [0.15, 0.2) is 128 Å². The summed E-state index contributed by atoms with van der Waals surface area (Å²) in [5.74, 6) is 0. The highest BCUT2D eigenvalue weighted by Gasteiger charge is 2.15. The first kappa shape index (κ1) is 20.3. The second-order valence-electron chi connectivity index (χ2n) is 9.04. The van der Waals surface area contributed by atoms with E-state index in [4.69, 9.17) is 5.26 Å². The molecule has 3 heteroatoms. The van der Waals surface area contributed by atoms with Crippen molar-refractivity contribution in [3.8, 4) is 28.6 Å². The molecule has 0 saturated heterocycles. The number of nitriles is 1. The predicted molar refractivity (Wildman–Crippen MR) is 148 cm³/mol. The summed E-state index contributed by atoms with van der Waals surface area (Å²) in [6, 6.07) is 44.5. The highest BCUT2D eigenvalue weighted by molar-refractivity contribution is 6.13. The Bertz CT molecular complexity index is 1930. The minimum Gasteiger partial charge on any atom is -0.317 e. The average Bonchev–Trinajstić information content (AvgIpc) is 3.51. The van der Waals surface area contributed by atoms with E-state index in [0.29, 0.717) is 5.56 Å². The molecule has 0 bridgehead atoms. The molecule has 0 atom stereocenters. The molecule has 168 valence electrons. The van der Waals surface area contributed by atoms with Gasteiger partial charge in [-0.25, -0.2) is 0 Å². The maximum absolute atomic E-state index is 9.16. The van der Waals surface area contributed by atoms with Crippen molar-refractivity contribution < 1.29 is 0 Å². The summed E-state index contributed by atoms with van der Waals surface area (Å²) in [5, 5.41) is 12.8. The Morgan fingerprint density at radius 3 is 2.14 bits per heavy atom. The van der Waals surface area contributed by atoms with E-state index < -0.39 is 0 Å². The lowest BCUT2D eigenvalue weighted by molar-refractivity contribution is 1.13. The van der Waals surface area contributed by atoms with Crippen molar-refractivity contribution in [3.63, 3.8) is 0 Å². The molecular formula is C33H21N3. The van der Waals surface area contributed by atoms with Crippen molar-refractivity contribution in [2.75, 3.05) is 0 Å². The van der Waals surface area contributed by atoms with Gasteiger partial charge in [0.15, 0.2) is 0 Å². The Labute approximate surface area is 208 Å². The number of para-hydroxylation sites is 2. The van der Waals surface area contributed by atoms with Crippen LogP contribution < -0.4 is 0 Å². The summed E-state index contributed by atoms with van der Waals surface area (Å²) in [4.78, 5) is 0. The lowest BCUT2D eigenvalue weighted by Gasteiger charge is -2.11. The third-order valence-corrected chi connectivity index (χ3v) is 6.97. The minimum atomic E-state index is 0.670. The molecule has 0 unspecified atom stereocenters. The van der Waals surface area contributed by atoms with E-state index in [1.165, 1.54) is 32.7 Å². The summed E-state index contributed by atoms with van der Waals surface area (Å²) < 4.78 is 4.61. The van der Waals surface area contributed by atoms with Crippen LogP contribution in [0, 0.1) is 11.3 Å². The third kappa shape index (κ3) is 3.13. The van der Waals surface area contributed by atoms with E-state index in [1.54, 1.807) is 0 Å². The molecule has 0 N–H and O–H groups in total. The molecule has 5 aromatic carbocycles. The fourth-order valence-corrected chi connectivity index (χ4v) is 5.25. The summed E-state index contributed by atoms with van der Waals surface area (Å²) in [7, 11) is 0. The molecule has 0 amide bonds. The Morgan fingerprint density at radius 1 is 0.528 bits per heavy atom. The van der Waals surface area contributed by atoms with Gasteiger partial charge in [0.05, 0.1) is 28.2 Å². The zero-order valence-corrected chi connectivity index (χ0v) is 19.5. The lowest BCUT2D eigenvalue weighted by atomic mass is 10.0. The normalized spacial score (nSPS) is 11.3. The number of aromatic nitrogens is 2. The predicted octanol–water partition coefficient (Wildman–Crippen LogP) is 8.27. The van der Waals surface area contributed by atoms with Crippen LogP contribution in [-0.4, -0.2) is 9.13 Å². The van der Waals surface area contributed by atoms with E-state index in [2.05, 4.69) is 112 Å². The van der Waals surface area contributed by atoms with Crippen molar-refractivity contribution in [2.24, 2.45) is 0 Å². The molecule has 0 aliphatic carbocycles. The lowest BCUT2D eigenvalue weighted by Crippen LogP contribution is -1.94. The summed E-state index contributed by atoms with van der Waals surface area (Å²) in [5.41, 5.74) is 8.73. The molecule has 0 saturated carbocycles. The van der Waals surface area contributed by atoms with E-state index >= 15 is 0 Å². The van der Waals surface area contributed by atoms with Gasteiger partial charge in [0.25, 0.3) is 0 Å². The molecule has 2 aromatic heterocycles. The van der Waals surface area contributed by atoms with Crippen molar-refractivity contribution in [1.29, 1.82) is 5.26 Å². The van der Waals surface area contributed by atoms with E-state index in [1.807, 2.05) is 30.3 Å². The van der Waals surface area contributed by atoms with Gasteiger partial charge in [0, 0.05) is 33.7 Å². The zero-order chi connectivity index (χ0) is 24.1. The van der Waals surface area contributed by atoms with Gasteiger partial charge in [-0.05, 0) is 71.8 Å². The molecule has 0 fully saturated rings. The molecule has 0 spiro atoms. The Balaban J connectivity index is 1.47. The third-order valence-electron chi connectivity index (χ3n) is 6.97. The van der Waals surface area contributed by atoms with Gasteiger partial charge in [-0.3, -0.25) is 0 Å². The first-order chi connectivity index (χ1) is 17.8. The van der Waals surface area contributed by atoms with Crippen LogP contribution in [0.2, 0.25) is 0 Å². The van der Waals surface area contributed by atoms with Gasteiger partial charge >= 0.3 is 0 Å². The molecule has 7 rings (SSSR count). The molecule has 2 heterocycles. The largest absolute Gasteiger partial charge is 0.317 e. The maximum Gasteiger partial charge on any atom is 0.0991 e. The van der Waals surface area contributed by atoms with Crippen molar-refractivity contribution in [1.82, 2.24) is 9.13 Å². The first-order valence-electron chi connectivity index (χ1n) is 12.0. The Hall–Kier alpha value is -5.07. The zero-order valence-electron chi connectivity index (χ0n) is 19.5. The highest BCUT2D eigenvalue weighted by Crippen LogP contribution is 2.36. The van der Waals surface area contributed by atoms with Gasteiger partial charge in [-0.2, -0.15) is 5.26 Å². The average molecular weight is 460 g/mol. The second kappa shape index (κ2) is 8.01. The molecule has 0 radical (unpaired) electrons. The molecule has 0 aliphatic rings. The number of hydrogen-bond donors (Lipinski definition) is 0. The van der Waals surface area contributed by atoms with Crippen LogP contribution in [0.3, 0.4) is 0 Å². The first-order valence-corrected chi connectivity index (χ1v) is 12.0. The molecule has 0 aliphatic heterocycles. The highest BCUT2D eigenvalue weighted by atomic mass is 15.0. The van der Waals surface area contributed by atoms with Gasteiger partial charge in [-0.1, -0.05) is 60.7 Å². The standard InChI is InChI=1S/C33H21N3/c34-22-23-13-15-24(16-14-23)25-7-6-10-28(19-25)36-31-12-5-4-11-29(31)30-21-32-26(20-33(30)36)17-18-35(32)27-8-2-1-3-9-27/h1-21H. The van der Waals surface area contributed by atoms with Crippen molar-refractivity contribution in [2.45, 2.75) is 0 Å². The van der Waals surface area contributed by atoms with Gasteiger partial charge in [0.1, 0.15) is 0 Å². The molecule has 36 heavy (non-hydrogen) atoms. The number of benzene rings is 5. The quantitative estimate of drug-likeness (QED) is 0.262. The molecule has 3 nitrogen and oxygen atoms in total. The SMILES string of the molecule is N#Cc1ccc(-c2cccc(-n3c4ccccc4c4cc5c(ccn5-c5ccccc5)cc43)c2)cc1. The smallest absolute Gasteiger partial charge is 0.0991 e. The monoisotopic (exact) mass is 459 g/mol. The fourth-order valence-electron chi connectivity index (χ4n) is 5.25. The van der Waals surface area contributed by atoms with Gasteiger partial charge in [0.2, 0.25) is 0 Å². The fraction of sp³-hybridized carbons (Fsp3) is 0. The van der Waals surface area contributed by atoms with Gasteiger partial charge in [-0.15, -0.1) is 0 Å². The van der Waals surface area contributed by atoms with Crippen molar-refractivity contribution in [3.05, 3.63) is 133 Å². The van der Waals surface area contributed by atoms with Crippen LogP contribution in [-0.2, 0) is 0 Å². The van der Waals surface area contributed by atoms with E-state index in [0.717, 1.165) is 22.5 Å². The molecule has 7 aromatic rings. The molecular weight excluding hydrogens is 438 g/mol. The number of fused-ring (bicyclic) bond motifs is 4. The topological polar surface area (TPSA) is 33.6 Å².